The van der Waals surface area contributed by atoms with Crippen molar-refractivity contribution in [3.05, 3.63) is 12.3 Å². The van der Waals surface area contributed by atoms with E-state index in [4.69, 9.17) is 4.74 Å². The van der Waals surface area contributed by atoms with Gasteiger partial charge in [0.1, 0.15) is 0 Å². The summed E-state index contributed by atoms with van der Waals surface area (Å²) in [5, 5.41) is 6.61. The van der Waals surface area contributed by atoms with Gasteiger partial charge in [-0.05, 0) is 5.23 Å². The Hall–Kier alpha value is -1.60. The van der Waals surface area contributed by atoms with Crippen LogP contribution in [0, 0.1) is 0 Å². The summed E-state index contributed by atoms with van der Waals surface area (Å²) < 4.78 is 4.72. The number of nitrogens with one attached hydrogen (secondary N) is 1. The number of H-pyrrole nitrogens is 1. The molecule has 0 atom stereocenters. The molecule has 13 heavy (non-hydrogen) atoms. The van der Waals surface area contributed by atoms with Crippen LogP contribution in [0.25, 0.3) is 0 Å². The maximum absolute atomic E-state index is 11.1. The second-order valence-electron chi connectivity index (χ2n) is 1.91. The van der Waals surface area contributed by atoms with Crippen LogP contribution in [-0.2, 0) is 9.68 Å². The molecule has 0 spiro atoms. The fourth-order valence-electron chi connectivity index (χ4n) is 0.655. The molecule has 0 radical (unpaired) electrons. The molecule has 0 unspecified atom stereocenters. The summed E-state index contributed by atoms with van der Waals surface area (Å²) >= 11 is 0. The third kappa shape index (κ3) is 2.42. The summed E-state index contributed by atoms with van der Waals surface area (Å²) in [5.74, 6) is 0.212. The van der Waals surface area contributed by atoms with E-state index in [-0.39, 0.29) is 5.88 Å². The molecule has 0 bridgehead atoms. The SMILES string of the molecule is CON(OC)C(=O)Oc1ccn[nH]1. The fraction of sp³-hybridized carbons (Fsp3) is 0.333. The molecule has 0 aliphatic carbocycles. The normalized spacial score (nSPS) is 9.69. The van der Waals surface area contributed by atoms with Crippen LogP contribution in [0.5, 0.6) is 5.88 Å². The van der Waals surface area contributed by atoms with Gasteiger partial charge in [0.15, 0.2) is 0 Å². The van der Waals surface area contributed by atoms with Crippen LogP contribution < -0.4 is 4.74 Å². The summed E-state index contributed by atoms with van der Waals surface area (Å²) in [7, 11) is 2.55. The van der Waals surface area contributed by atoms with Crippen molar-refractivity contribution in [2.24, 2.45) is 0 Å². The largest absolute Gasteiger partial charge is 0.466 e. The van der Waals surface area contributed by atoms with Gasteiger partial charge in [-0.25, -0.2) is 19.6 Å². The highest BCUT2D eigenvalue weighted by Gasteiger charge is 2.15. The average molecular weight is 187 g/mol. The minimum Gasteiger partial charge on any atom is -0.389 e. The zero-order valence-corrected chi connectivity index (χ0v) is 7.18. The lowest BCUT2D eigenvalue weighted by Crippen LogP contribution is -2.31. The number of amides is 1. The molecule has 0 aromatic carbocycles. The van der Waals surface area contributed by atoms with Crippen LogP contribution in [0.1, 0.15) is 0 Å². The van der Waals surface area contributed by atoms with Crippen LogP contribution in [0.4, 0.5) is 4.79 Å². The molecule has 0 aliphatic rings. The number of nitrogens with zero attached hydrogens (tertiary/aromatic N) is 2. The number of hydrogen-bond donors (Lipinski definition) is 1. The van der Waals surface area contributed by atoms with E-state index in [0.717, 1.165) is 0 Å². The van der Waals surface area contributed by atoms with Gasteiger partial charge < -0.3 is 4.74 Å². The molecule has 7 nitrogen and oxygen atoms in total. The highest BCUT2D eigenvalue weighted by Crippen LogP contribution is 2.04. The zero-order valence-electron chi connectivity index (χ0n) is 7.18. The Morgan fingerprint density at radius 3 is 2.69 bits per heavy atom. The van der Waals surface area contributed by atoms with Crippen molar-refractivity contribution in [3.8, 4) is 5.88 Å². The molecule has 1 aromatic heterocycles. The number of rotatable bonds is 3. The lowest BCUT2D eigenvalue weighted by atomic mass is 10.7. The Bertz CT molecular complexity index is 257. The summed E-state index contributed by atoms with van der Waals surface area (Å²) in [6.45, 7) is 0. The average Bonchev–Trinajstić information content (AvgIpc) is 2.59. The minimum atomic E-state index is -0.797. The fourth-order valence-corrected chi connectivity index (χ4v) is 0.655. The van der Waals surface area contributed by atoms with Crippen molar-refractivity contribution >= 4 is 6.09 Å². The third-order valence-electron chi connectivity index (χ3n) is 1.15. The number of carbonyl (C=O) groups excluding carboxylic acids is 1. The van der Waals surface area contributed by atoms with Crippen molar-refractivity contribution in [2.75, 3.05) is 14.2 Å². The summed E-state index contributed by atoms with van der Waals surface area (Å²) in [6.07, 6.45) is 0.654. The quantitative estimate of drug-likeness (QED) is 0.690. The molecule has 0 fully saturated rings. The van der Waals surface area contributed by atoms with Crippen LogP contribution >= 0.6 is 0 Å². The van der Waals surface area contributed by atoms with Crippen molar-refractivity contribution in [2.45, 2.75) is 0 Å². The van der Waals surface area contributed by atoms with Crippen LogP contribution in [0.3, 0.4) is 0 Å². The first-order valence-corrected chi connectivity index (χ1v) is 3.37. The van der Waals surface area contributed by atoms with Gasteiger partial charge in [0.05, 0.1) is 20.4 Å². The number of ether oxygens (including phenoxy) is 1. The van der Waals surface area contributed by atoms with Crippen molar-refractivity contribution in [1.82, 2.24) is 15.4 Å². The summed E-state index contributed by atoms with van der Waals surface area (Å²) in [5.41, 5.74) is 0. The molecule has 1 heterocycles. The number of carbonyl (C=O) groups is 1. The molecule has 1 N–H and O–H groups in total. The van der Waals surface area contributed by atoms with E-state index in [0.29, 0.717) is 5.23 Å². The molecule has 0 saturated heterocycles. The van der Waals surface area contributed by atoms with E-state index >= 15 is 0 Å². The number of hydrogen-bond acceptors (Lipinski definition) is 5. The topological polar surface area (TPSA) is 76.7 Å². The lowest BCUT2D eigenvalue weighted by molar-refractivity contribution is -0.305. The van der Waals surface area contributed by atoms with Crippen molar-refractivity contribution in [1.29, 1.82) is 0 Å². The van der Waals surface area contributed by atoms with Gasteiger partial charge in [0.2, 0.25) is 5.88 Å². The summed E-state index contributed by atoms with van der Waals surface area (Å²) in [6, 6.07) is 1.49. The first-order valence-electron chi connectivity index (χ1n) is 3.37. The van der Waals surface area contributed by atoms with Gasteiger partial charge >= 0.3 is 6.09 Å². The number of aromatic amines is 1. The van der Waals surface area contributed by atoms with Crippen LogP contribution in [-0.4, -0.2) is 35.7 Å². The molecule has 1 rings (SSSR count). The Labute approximate surface area is 74.1 Å². The van der Waals surface area contributed by atoms with Crippen molar-refractivity contribution in [3.63, 3.8) is 0 Å². The molecule has 1 aromatic rings. The highest BCUT2D eigenvalue weighted by atomic mass is 17.0. The molecule has 72 valence electrons. The third-order valence-corrected chi connectivity index (χ3v) is 1.15. The van der Waals surface area contributed by atoms with E-state index < -0.39 is 6.09 Å². The first-order chi connectivity index (χ1) is 6.27. The van der Waals surface area contributed by atoms with Gasteiger partial charge in [-0.15, -0.1) is 0 Å². The molecule has 0 saturated carbocycles. The van der Waals surface area contributed by atoms with Gasteiger partial charge in [-0.1, -0.05) is 0 Å². The van der Waals surface area contributed by atoms with E-state index in [1.54, 1.807) is 0 Å². The Morgan fingerprint density at radius 1 is 1.54 bits per heavy atom. The highest BCUT2D eigenvalue weighted by molar-refractivity contribution is 5.67. The predicted octanol–water partition coefficient (Wildman–Crippen LogP) is 0.333. The maximum atomic E-state index is 11.1. The van der Waals surface area contributed by atoms with Gasteiger partial charge in [-0.2, -0.15) is 5.10 Å². The van der Waals surface area contributed by atoms with E-state index in [2.05, 4.69) is 19.9 Å². The molecular formula is C6H9N3O4. The maximum Gasteiger partial charge on any atom is 0.466 e. The predicted molar refractivity (Wildman–Crippen MR) is 40.5 cm³/mol. The lowest BCUT2D eigenvalue weighted by Gasteiger charge is -2.13. The first kappa shape index (κ1) is 9.49. The molecule has 7 heteroatoms. The van der Waals surface area contributed by atoms with Crippen LogP contribution in [0.2, 0.25) is 0 Å². The van der Waals surface area contributed by atoms with Gasteiger partial charge in [0, 0.05) is 6.07 Å². The van der Waals surface area contributed by atoms with E-state index in [1.807, 2.05) is 0 Å². The Morgan fingerprint density at radius 2 is 2.23 bits per heavy atom. The second kappa shape index (κ2) is 4.43. The monoisotopic (exact) mass is 187 g/mol. The zero-order chi connectivity index (χ0) is 9.68. The smallest absolute Gasteiger partial charge is 0.389 e. The number of aromatic nitrogens is 2. The molecular weight excluding hydrogens is 178 g/mol. The minimum absolute atomic E-state index is 0.212. The Balaban J connectivity index is 2.49. The molecule has 1 amide bonds. The van der Waals surface area contributed by atoms with E-state index in [1.165, 1.54) is 26.5 Å². The van der Waals surface area contributed by atoms with Crippen LogP contribution in [0.15, 0.2) is 12.3 Å². The number of hydroxylamine groups is 2. The van der Waals surface area contributed by atoms with Gasteiger partial charge in [0.25, 0.3) is 0 Å². The standard InChI is InChI=1S/C6H9N3O4/c1-11-9(12-2)6(10)13-5-3-4-7-8-5/h3-4H,1-2H3,(H,7,8). The van der Waals surface area contributed by atoms with Crippen molar-refractivity contribution < 1.29 is 19.2 Å². The summed E-state index contributed by atoms with van der Waals surface area (Å²) in [4.78, 5) is 20.1. The molecule has 0 aliphatic heterocycles. The second-order valence-corrected chi connectivity index (χ2v) is 1.91. The Kier molecular flexibility index (Phi) is 3.23. The van der Waals surface area contributed by atoms with E-state index in [9.17, 15) is 4.79 Å². The van der Waals surface area contributed by atoms with Gasteiger partial charge in [-0.3, -0.25) is 0 Å².